The van der Waals surface area contributed by atoms with Crippen molar-refractivity contribution in [3.63, 3.8) is 0 Å². The number of amides is 2. The molecule has 1 saturated heterocycles. The first-order valence-corrected chi connectivity index (χ1v) is 9.22. The van der Waals surface area contributed by atoms with Gasteiger partial charge in [0, 0.05) is 36.3 Å². The number of carbonyl (C=O) groups is 1. The molecule has 1 aliphatic heterocycles. The molecule has 0 saturated carbocycles. The molecule has 7 nitrogen and oxygen atoms in total. The summed E-state index contributed by atoms with van der Waals surface area (Å²) in [4.78, 5) is 20.2. The fourth-order valence-corrected chi connectivity index (χ4v) is 3.81. The molecule has 0 radical (unpaired) electrons. The van der Waals surface area contributed by atoms with Crippen molar-refractivity contribution in [2.75, 3.05) is 34.4 Å². The number of ether oxygens (including phenoxy) is 3. The van der Waals surface area contributed by atoms with Crippen molar-refractivity contribution < 1.29 is 19.0 Å². The summed E-state index contributed by atoms with van der Waals surface area (Å²) in [6.45, 7) is 3.53. The number of rotatable bonds is 4. The molecule has 0 spiro atoms. The quantitative estimate of drug-likeness (QED) is 0.822. The van der Waals surface area contributed by atoms with Crippen LogP contribution in [0.3, 0.4) is 0 Å². The second kappa shape index (κ2) is 7.82. The number of methoxy groups -OCH3 is 3. The van der Waals surface area contributed by atoms with E-state index in [-0.39, 0.29) is 6.03 Å². The average Bonchev–Trinajstić information content (AvgIpc) is 3.30. The van der Waals surface area contributed by atoms with Gasteiger partial charge in [-0.1, -0.05) is 0 Å². The summed E-state index contributed by atoms with van der Waals surface area (Å²) in [6.07, 6.45) is 4.02. The van der Waals surface area contributed by atoms with Crippen molar-refractivity contribution in [3.8, 4) is 22.9 Å². The molecule has 1 aromatic carbocycles. The van der Waals surface area contributed by atoms with Gasteiger partial charge >= 0.3 is 6.03 Å². The van der Waals surface area contributed by atoms with Crippen LogP contribution in [0.15, 0.2) is 23.3 Å². The van der Waals surface area contributed by atoms with E-state index in [0.29, 0.717) is 22.0 Å². The molecule has 0 unspecified atom stereocenters. The van der Waals surface area contributed by atoms with E-state index in [4.69, 9.17) is 14.2 Å². The van der Waals surface area contributed by atoms with Gasteiger partial charge in [-0.15, -0.1) is 11.3 Å². The van der Waals surface area contributed by atoms with Gasteiger partial charge in [0.15, 0.2) is 16.3 Å². The Labute approximate surface area is 156 Å². The summed E-state index contributed by atoms with van der Waals surface area (Å²) >= 11 is 1.47. The fraction of sp³-hybridized carbons (Fsp3) is 0.444. The molecule has 3 rings (SSSR count). The fourth-order valence-electron chi connectivity index (χ4n) is 2.99. The van der Waals surface area contributed by atoms with E-state index in [1.807, 2.05) is 29.8 Å². The molecule has 26 heavy (non-hydrogen) atoms. The van der Waals surface area contributed by atoms with Gasteiger partial charge in [-0.05, 0) is 19.8 Å². The third-order valence-corrected chi connectivity index (χ3v) is 5.16. The topological polar surface area (TPSA) is 65.3 Å². The molecule has 1 aliphatic rings. The van der Waals surface area contributed by atoms with Crippen molar-refractivity contribution >= 4 is 17.4 Å². The highest BCUT2D eigenvalue weighted by molar-refractivity contribution is 7.09. The van der Waals surface area contributed by atoms with E-state index >= 15 is 0 Å². The van der Waals surface area contributed by atoms with Crippen LogP contribution in [0.1, 0.15) is 17.7 Å². The number of carbonyl (C=O) groups excluding carboxylic acids is 1. The summed E-state index contributed by atoms with van der Waals surface area (Å²) in [6, 6.07) is 3.49. The lowest BCUT2D eigenvalue weighted by Crippen LogP contribution is -2.27. The van der Waals surface area contributed by atoms with Gasteiger partial charge in [0.25, 0.3) is 0 Å². The number of benzene rings is 1. The largest absolute Gasteiger partial charge is 0.493 e. The molecule has 2 amide bonds. The number of hydrogen-bond acceptors (Lipinski definition) is 5. The monoisotopic (exact) mass is 377 g/mol. The van der Waals surface area contributed by atoms with Crippen molar-refractivity contribution in [2.45, 2.75) is 19.8 Å². The minimum atomic E-state index is -0.189. The maximum absolute atomic E-state index is 12.4. The van der Waals surface area contributed by atoms with E-state index in [9.17, 15) is 4.79 Å². The first kappa shape index (κ1) is 18.3. The summed E-state index contributed by atoms with van der Waals surface area (Å²) < 4.78 is 18.1. The first-order chi connectivity index (χ1) is 12.6. The predicted molar refractivity (Wildman–Crippen MR) is 99.8 cm³/mol. The van der Waals surface area contributed by atoms with Gasteiger partial charge in [-0.25, -0.2) is 4.79 Å². The SMILES string of the molecule is COc1cc(-n2cc(C)s/c2=N\C(=O)N2CCCC2)cc(OC)c1OC. The molecule has 0 atom stereocenters. The number of nitrogens with zero attached hydrogens (tertiary/aromatic N) is 3. The van der Waals surface area contributed by atoms with Crippen LogP contribution in [0.4, 0.5) is 4.79 Å². The lowest BCUT2D eigenvalue weighted by Gasteiger charge is -2.15. The van der Waals surface area contributed by atoms with Crippen LogP contribution in [0.25, 0.3) is 5.69 Å². The Balaban J connectivity index is 2.09. The Bertz CT molecular complexity index is 841. The normalized spacial score (nSPS) is 14.6. The van der Waals surface area contributed by atoms with E-state index < -0.39 is 0 Å². The van der Waals surface area contributed by atoms with Crippen LogP contribution in [0.5, 0.6) is 17.2 Å². The number of aromatic nitrogens is 1. The van der Waals surface area contributed by atoms with Crippen LogP contribution in [0.2, 0.25) is 0 Å². The lowest BCUT2D eigenvalue weighted by atomic mass is 10.2. The summed E-state index contributed by atoms with van der Waals surface area (Å²) in [5, 5.41) is 0. The zero-order valence-corrected chi connectivity index (χ0v) is 16.3. The zero-order valence-electron chi connectivity index (χ0n) is 15.4. The number of urea groups is 1. The van der Waals surface area contributed by atoms with Crippen LogP contribution >= 0.6 is 11.3 Å². The molecule has 0 N–H and O–H groups in total. The Morgan fingerprint density at radius 1 is 1.08 bits per heavy atom. The van der Waals surface area contributed by atoms with Gasteiger partial charge in [0.1, 0.15) is 0 Å². The molecular weight excluding hydrogens is 354 g/mol. The molecule has 1 fully saturated rings. The molecule has 140 valence electrons. The van der Waals surface area contributed by atoms with E-state index in [1.165, 1.54) is 11.3 Å². The van der Waals surface area contributed by atoms with Gasteiger partial charge in [0.2, 0.25) is 5.75 Å². The number of aryl methyl sites for hydroxylation is 1. The minimum absolute atomic E-state index is 0.189. The highest BCUT2D eigenvalue weighted by Crippen LogP contribution is 2.39. The Kier molecular flexibility index (Phi) is 5.51. The van der Waals surface area contributed by atoms with Crippen molar-refractivity contribution in [1.82, 2.24) is 9.47 Å². The van der Waals surface area contributed by atoms with Crippen LogP contribution < -0.4 is 19.0 Å². The summed E-state index contributed by atoms with van der Waals surface area (Å²) in [5.74, 6) is 1.63. The molecule has 0 bridgehead atoms. The van der Waals surface area contributed by atoms with Crippen molar-refractivity contribution in [1.29, 1.82) is 0 Å². The standard InChI is InChI=1S/C18H23N3O4S/c1-12-11-21(18(26-12)19-17(22)20-7-5-6-8-20)13-9-14(23-2)16(25-4)15(10-13)24-3/h9-11H,5-8H2,1-4H3/b19-18-. The van der Waals surface area contributed by atoms with Crippen LogP contribution in [-0.4, -0.2) is 49.9 Å². The van der Waals surface area contributed by atoms with Crippen molar-refractivity contribution in [2.24, 2.45) is 4.99 Å². The Morgan fingerprint density at radius 2 is 1.69 bits per heavy atom. The number of likely N-dealkylation sites (tertiary alicyclic amines) is 1. The van der Waals surface area contributed by atoms with Gasteiger partial charge in [-0.2, -0.15) is 4.99 Å². The maximum atomic E-state index is 12.4. The van der Waals surface area contributed by atoms with E-state index in [0.717, 1.165) is 36.5 Å². The number of thiazole rings is 1. The molecule has 8 heteroatoms. The predicted octanol–water partition coefficient (Wildman–Crippen LogP) is 2.99. The third-order valence-electron chi connectivity index (χ3n) is 4.26. The van der Waals surface area contributed by atoms with Crippen LogP contribution in [0, 0.1) is 6.92 Å². The Morgan fingerprint density at radius 3 is 2.23 bits per heavy atom. The molecule has 0 aliphatic carbocycles. The lowest BCUT2D eigenvalue weighted by molar-refractivity contribution is 0.218. The maximum Gasteiger partial charge on any atom is 0.346 e. The first-order valence-electron chi connectivity index (χ1n) is 8.40. The van der Waals surface area contributed by atoms with Crippen LogP contribution in [-0.2, 0) is 0 Å². The zero-order chi connectivity index (χ0) is 18.7. The molecule has 2 aromatic rings. The highest BCUT2D eigenvalue weighted by atomic mass is 32.1. The minimum Gasteiger partial charge on any atom is -0.493 e. The van der Waals surface area contributed by atoms with Crippen molar-refractivity contribution in [3.05, 3.63) is 28.0 Å². The smallest absolute Gasteiger partial charge is 0.346 e. The van der Waals surface area contributed by atoms with E-state index in [1.54, 1.807) is 26.2 Å². The summed E-state index contributed by atoms with van der Waals surface area (Å²) in [5.41, 5.74) is 0.789. The molecular formula is C18H23N3O4S. The summed E-state index contributed by atoms with van der Waals surface area (Å²) in [7, 11) is 4.72. The molecule has 2 heterocycles. The average molecular weight is 377 g/mol. The highest BCUT2D eigenvalue weighted by Gasteiger charge is 2.19. The Hall–Kier alpha value is -2.48. The number of hydrogen-bond donors (Lipinski definition) is 0. The third kappa shape index (κ3) is 3.55. The van der Waals surface area contributed by atoms with Gasteiger partial charge in [0.05, 0.1) is 27.0 Å². The second-order valence-corrected chi connectivity index (χ2v) is 7.18. The second-order valence-electron chi connectivity index (χ2n) is 5.97. The van der Waals surface area contributed by atoms with Gasteiger partial charge < -0.3 is 19.1 Å². The molecule has 1 aromatic heterocycles. The van der Waals surface area contributed by atoms with E-state index in [2.05, 4.69) is 4.99 Å². The van der Waals surface area contributed by atoms with Gasteiger partial charge in [-0.3, -0.25) is 4.57 Å².